The smallest absolute Gasteiger partial charge is 0.0794 e. The van der Waals surface area contributed by atoms with E-state index >= 15 is 0 Å². The zero-order valence-corrected chi connectivity index (χ0v) is 4.96. The van der Waals surface area contributed by atoms with Gasteiger partial charge in [0.25, 0.3) is 0 Å². The number of aliphatic hydroxyl groups excluding tert-OH is 1. The summed E-state index contributed by atoms with van der Waals surface area (Å²) >= 11 is 0. The molecule has 0 aliphatic carbocycles. The summed E-state index contributed by atoms with van der Waals surface area (Å²) in [4.78, 5) is 0. The summed E-state index contributed by atoms with van der Waals surface area (Å²) in [5.74, 6) is 0. The maximum Gasteiger partial charge on any atom is 0.0794 e. The molecule has 0 aliphatic rings. The second kappa shape index (κ2) is 4.19. The lowest BCUT2D eigenvalue weighted by atomic mass is 10.3. The molecule has 0 aliphatic heterocycles. The number of hydrogen-bond acceptors (Lipinski definition) is 1. The van der Waals surface area contributed by atoms with Crippen LogP contribution in [0.15, 0.2) is 36.6 Å². The summed E-state index contributed by atoms with van der Waals surface area (Å²) in [6.45, 7) is 5.37. The van der Waals surface area contributed by atoms with Crippen LogP contribution in [0, 0.1) is 0 Å². The van der Waals surface area contributed by atoms with Crippen LogP contribution in [0.5, 0.6) is 0 Å². The minimum Gasteiger partial charge on any atom is -0.516 e. The first-order valence-corrected chi connectivity index (χ1v) is 2.41. The van der Waals surface area contributed by atoms with Crippen LogP contribution in [0.2, 0.25) is 0 Å². The van der Waals surface area contributed by atoms with Gasteiger partial charge in [0, 0.05) is 0 Å². The van der Waals surface area contributed by atoms with Gasteiger partial charge in [0.15, 0.2) is 0 Å². The molecule has 0 aromatic heterocycles. The van der Waals surface area contributed by atoms with E-state index in [2.05, 4.69) is 6.58 Å². The van der Waals surface area contributed by atoms with E-state index in [4.69, 9.17) is 5.11 Å². The second-order valence-electron chi connectivity index (χ2n) is 1.46. The molecule has 0 heterocycles. The Hall–Kier alpha value is -0.980. The largest absolute Gasteiger partial charge is 0.516 e. The Bertz CT molecular complexity index is 120. The quantitative estimate of drug-likeness (QED) is 0.426. The van der Waals surface area contributed by atoms with Gasteiger partial charge in [0.05, 0.1) is 6.26 Å². The molecule has 0 rings (SSSR count). The van der Waals surface area contributed by atoms with Gasteiger partial charge in [-0.05, 0) is 18.6 Å². The summed E-state index contributed by atoms with van der Waals surface area (Å²) < 4.78 is 0. The first kappa shape index (κ1) is 7.02. The molecular weight excluding hydrogens is 100 g/mol. The van der Waals surface area contributed by atoms with Crippen LogP contribution in [0.25, 0.3) is 0 Å². The highest BCUT2D eigenvalue weighted by molar-refractivity contribution is 5.18. The fourth-order valence-electron chi connectivity index (χ4n) is 0.359. The third kappa shape index (κ3) is 3.22. The van der Waals surface area contributed by atoms with Crippen LogP contribution in [0.1, 0.15) is 6.92 Å². The molecule has 0 saturated carbocycles. The number of rotatable bonds is 2. The molecule has 8 heavy (non-hydrogen) atoms. The van der Waals surface area contributed by atoms with Crippen LogP contribution >= 0.6 is 0 Å². The van der Waals surface area contributed by atoms with E-state index in [1.807, 2.05) is 13.0 Å². The number of allylic oxidation sites excluding steroid dienone is 4. The van der Waals surface area contributed by atoms with E-state index in [-0.39, 0.29) is 0 Å². The Kier molecular flexibility index (Phi) is 3.67. The molecular formula is C7H10O. The van der Waals surface area contributed by atoms with Crippen molar-refractivity contribution in [1.29, 1.82) is 0 Å². The highest BCUT2D eigenvalue weighted by atomic mass is 16.2. The fraction of sp³-hybridized carbons (Fsp3) is 0.143. The molecule has 0 spiro atoms. The first-order chi connectivity index (χ1) is 3.81. The van der Waals surface area contributed by atoms with Crippen molar-refractivity contribution in [1.82, 2.24) is 0 Å². The standard InChI is InChI=1S/C7H10O/c1-3-4-7(2)5-6-8/h3-6,8H,1H2,2H3/b6-5+,7-4-. The third-order valence-electron chi connectivity index (χ3n) is 0.718. The van der Waals surface area contributed by atoms with Crippen molar-refractivity contribution in [3.8, 4) is 0 Å². The summed E-state index contributed by atoms with van der Waals surface area (Å²) in [6, 6.07) is 0. The summed E-state index contributed by atoms with van der Waals surface area (Å²) in [5.41, 5.74) is 0.988. The van der Waals surface area contributed by atoms with Crippen molar-refractivity contribution in [2.75, 3.05) is 0 Å². The average Bonchev–Trinajstić information content (AvgIpc) is 1.68. The van der Waals surface area contributed by atoms with Crippen molar-refractivity contribution in [2.24, 2.45) is 0 Å². The molecule has 1 heteroatoms. The van der Waals surface area contributed by atoms with Crippen LogP contribution < -0.4 is 0 Å². The van der Waals surface area contributed by atoms with E-state index in [1.54, 1.807) is 12.2 Å². The highest BCUT2D eigenvalue weighted by Gasteiger charge is 1.72. The zero-order chi connectivity index (χ0) is 6.41. The summed E-state index contributed by atoms with van der Waals surface area (Å²) in [5, 5.41) is 8.21. The maximum atomic E-state index is 8.21. The third-order valence-corrected chi connectivity index (χ3v) is 0.718. The van der Waals surface area contributed by atoms with Gasteiger partial charge in [-0.25, -0.2) is 0 Å². The molecule has 0 atom stereocenters. The van der Waals surface area contributed by atoms with E-state index in [9.17, 15) is 0 Å². The lowest BCUT2D eigenvalue weighted by Gasteiger charge is -1.82. The number of hydrogen-bond donors (Lipinski definition) is 1. The van der Waals surface area contributed by atoms with E-state index < -0.39 is 0 Å². The van der Waals surface area contributed by atoms with Crippen molar-refractivity contribution >= 4 is 0 Å². The average molecular weight is 110 g/mol. The Labute approximate surface area is 49.7 Å². The van der Waals surface area contributed by atoms with E-state index in [0.29, 0.717) is 0 Å². The molecule has 0 unspecified atom stereocenters. The van der Waals surface area contributed by atoms with Gasteiger partial charge < -0.3 is 5.11 Å². The second-order valence-corrected chi connectivity index (χ2v) is 1.46. The van der Waals surface area contributed by atoms with Crippen molar-refractivity contribution < 1.29 is 5.11 Å². The van der Waals surface area contributed by atoms with E-state index in [1.165, 1.54) is 0 Å². The molecule has 0 saturated heterocycles. The first-order valence-electron chi connectivity index (χ1n) is 2.41. The fourth-order valence-corrected chi connectivity index (χ4v) is 0.359. The number of aliphatic hydroxyl groups is 1. The molecule has 0 aromatic carbocycles. The van der Waals surface area contributed by atoms with Gasteiger partial charge in [-0.15, -0.1) is 0 Å². The summed E-state index contributed by atoms with van der Waals surface area (Å²) in [7, 11) is 0. The lowest BCUT2D eigenvalue weighted by Crippen LogP contribution is -1.63. The molecule has 1 nitrogen and oxygen atoms in total. The Morgan fingerprint density at radius 1 is 1.62 bits per heavy atom. The van der Waals surface area contributed by atoms with Crippen LogP contribution in [-0.2, 0) is 0 Å². The maximum absolute atomic E-state index is 8.21. The Morgan fingerprint density at radius 2 is 2.25 bits per heavy atom. The van der Waals surface area contributed by atoms with Crippen molar-refractivity contribution in [2.45, 2.75) is 6.92 Å². The van der Waals surface area contributed by atoms with E-state index in [0.717, 1.165) is 11.8 Å². The normalized spacial score (nSPS) is 12.4. The zero-order valence-electron chi connectivity index (χ0n) is 4.96. The minimum absolute atomic E-state index is 0.988. The van der Waals surface area contributed by atoms with Crippen LogP contribution in [-0.4, -0.2) is 5.11 Å². The molecule has 0 radical (unpaired) electrons. The van der Waals surface area contributed by atoms with Crippen LogP contribution in [0.3, 0.4) is 0 Å². The predicted molar refractivity (Wildman–Crippen MR) is 35.7 cm³/mol. The van der Waals surface area contributed by atoms with Gasteiger partial charge >= 0.3 is 0 Å². The lowest BCUT2D eigenvalue weighted by molar-refractivity contribution is 0.473. The Morgan fingerprint density at radius 3 is 2.62 bits per heavy atom. The molecule has 0 fully saturated rings. The molecule has 1 N–H and O–H groups in total. The predicted octanol–water partition coefficient (Wildman–Crippen LogP) is 2.19. The minimum atomic E-state index is 0.988. The SMILES string of the molecule is C=C/C=C(C)\C=C\O. The topological polar surface area (TPSA) is 20.2 Å². The van der Waals surface area contributed by atoms with Crippen LogP contribution in [0.4, 0.5) is 0 Å². The van der Waals surface area contributed by atoms with Crippen molar-refractivity contribution in [3.05, 3.63) is 36.6 Å². The van der Waals surface area contributed by atoms with Gasteiger partial charge in [-0.3, -0.25) is 0 Å². The molecule has 0 bridgehead atoms. The highest BCUT2D eigenvalue weighted by Crippen LogP contribution is 1.92. The monoisotopic (exact) mass is 110 g/mol. The van der Waals surface area contributed by atoms with Gasteiger partial charge in [0.1, 0.15) is 0 Å². The molecule has 0 amide bonds. The Balaban J connectivity index is 3.79. The van der Waals surface area contributed by atoms with Gasteiger partial charge in [0.2, 0.25) is 0 Å². The summed E-state index contributed by atoms with van der Waals surface area (Å²) in [6.07, 6.45) is 6.10. The van der Waals surface area contributed by atoms with Gasteiger partial charge in [-0.2, -0.15) is 0 Å². The van der Waals surface area contributed by atoms with Gasteiger partial charge in [-0.1, -0.05) is 18.7 Å². The molecule has 44 valence electrons. The molecule has 0 aromatic rings. The van der Waals surface area contributed by atoms with Crippen molar-refractivity contribution in [3.63, 3.8) is 0 Å².